The number of carbonyl (C=O) groups is 5. The van der Waals surface area contributed by atoms with E-state index in [4.69, 9.17) is 4.74 Å². The monoisotopic (exact) mass is 452 g/mol. The van der Waals surface area contributed by atoms with E-state index in [0.717, 1.165) is 21.9 Å². The molecule has 4 amide bonds. The van der Waals surface area contributed by atoms with Gasteiger partial charge in [-0.15, -0.1) is 0 Å². The molecule has 0 bridgehead atoms. The molecule has 0 aliphatic carbocycles. The fraction of sp³-hybridized carbons (Fsp3) is 0.292. The Hall–Kier alpha value is -3.88. The zero-order chi connectivity index (χ0) is 23.5. The minimum absolute atomic E-state index is 0.155. The summed E-state index contributed by atoms with van der Waals surface area (Å²) in [5.41, 5.74) is 0.719. The van der Waals surface area contributed by atoms with E-state index in [0.29, 0.717) is 12.8 Å². The second kappa shape index (κ2) is 9.32. The average molecular weight is 452 g/mol. The van der Waals surface area contributed by atoms with Crippen molar-refractivity contribution in [2.24, 2.45) is 0 Å². The minimum Gasteiger partial charge on any atom is -0.452 e. The maximum atomic E-state index is 13.2. The first kappa shape index (κ1) is 22.3. The molecule has 2 heterocycles. The molecule has 4 rings (SSSR count). The fourth-order valence-corrected chi connectivity index (χ4v) is 3.93. The minimum atomic E-state index is -1.15. The van der Waals surface area contributed by atoms with Crippen LogP contribution in [0.4, 0.5) is 4.39 Å². The summed E-state index contributed by atoms with van der Waals surface area (Å²) in [6.07, 6.45) is -0.0604. The Kier molecular flexibility index (Phi) is 6.30. The van der Waals surface area contributed by atoms with Gasteiger partial charge in [0.2, 0.25) is 0 Å². The van der Waals surface area contributed by atoms with Crippen LogP contribution in [0.5, 0.6) is 0 Å². The molecule has 0 saturated carbocycles. The van der Waals surface area contributed by atoms with Crippen LogP contribution in [0.1, 0.15) is 56.8 Å². The Morgan fingerprint density at radius 3 is 2.21 bits per heavy atom. The van der Waals surface area contributed by atoms with Crippen molar-refractivity contribution < 1.29 is 33.1 Å². The number of amides is 4. The molecule has 1 saturated heterocycles. The highest BCUT2D eigenvalue weighted by Crippen LogP contribution is 2.23. The lowest BCUT2D eigenvalue weighted by atomic mass is 10.1. The zero-order valence-corrected chi connectivity index (χ0v) is 17.7. The zero-order valence-electron chi connectivity index (χ0n) is 17.7. The molecule has 8 nitrogen and oxygen atoms in total. The van der Waals surface area contributed by atoms with E-state index in [1.807, 2.05) is 0 Å². The van der Waals surface area contributed by atoms with Crippen molar-refractivity contribution in [3.8, 4) is 0 Å². The van der Waals surface area contributed by atoms with Crippen LogP contribution >= 0.6 is 0 Å². The van der Waals surface area contributed by atoms with Crippen LogP contribution in [0, 0.1) is 5.82 Å². The number of carbonyl (C=O) groups excluding carboxylic acids is 5. The Bertz CT molecular complexity index is 1100. The van der Waals surface area contributed by atoms with Crippen LogP contribution in [0.3, 0.4) is 0 Å². The lowest BCUT2D eigenvalue weighted by Gasteiger charge is -2.23. The van der Waals surface area contributed by atoms with E-state index in [1.165, 1.54) is 12.1 Å². The molecule has 0 spiro atoms. The van der Waals surface area contributed by atoms with Crippen molar-refractivity contribution in [1.82, 2.24) is 9.80 Å². The summed E-state index contributed by atoms with van der Waals surface area (Å²) >= 11 is 0. The molecule has 9 heteroatoms. The number of ether oxygens (including phenoxy) is 1. The van der Waals surface area contributed by atoms with Gasteiger partial charge in [-0.3, -0.25) is 33.8 Å². The number of hydrogen-bond acceptors (Lipinski definition) is 6. The van der Waals surface area contributed by atoms with Crippen LogP contribution in [0.25, 0.3) is 0 Å². The molecular weight excluding hydrogens is 431 g/mol. The highest BCUT2D eigenvalue weighted by Gasteiger charge is 2.37. The molecule has 2 aromatic rings. The topological polar surface area (TPSA) is 101 Å². The van der Waals surface area contributed by atoms with Crippen molar-refractivity contribution >= 4 is 29.6 Å². The van der Waals surface area contributed by atoms with E-state index in [9.17, 15) is 28.4 Å². The van der Waals surface area contributed by atoms with Gasteiger partial charge in [0.1, 0.15) is 5.82 Å². The Morgan fingerprint density at radius 2 is 1.58 bits per heavy atom. The van der Waals surface area contributed by atoms with E-state index in [2.05, 4.69) is 0 Å². The van der Waals surface area contributed by atoms with Crippen LogP contribution < -0.4 is 0 Å². The lowest BCUT2D eigenvalue weighted by Crippen LogP contribution is -2.44. The van der Waals surface area contributed by atoms with Gasteiger partial charge >= 0.3 is 5.97 Å². The molecular formula is C24H21FN2O6. The highest BCUT2D eigenvalue weighted by molar-refractivity contribution is 6.21. The number of likely N-dealkylation sites (tertiary alicyclic amines) is 1. The quantitative estimate of drug-likeness (QED) is 0.511. The normalized spacial score (nSPS) is 18.2. The second-order valence-corrected chi connectivity index (χ2v) is 7.83. The first-order valence-corrected chi connectivity index (χ1v) is 10.6. The summed E-state index contributed by atoms with van der Waals surface area (Å²) in [4.78, 5) is 64.9. The summed E-state index contributed by atoms with van der Waals surface area (Å²) in [7, 11) is 0. The van der Waals surface area contributed by atoms with Gasteiger partial charge in [-0.05, 0) is 55.7 Å². The standard InChI is InChI=1S/C24H21FN2O6/c25-16-10-8-15(9-11-16)21(29)26-13-4-3-7-19(24(26)32)33-20(28)12-14-27-22(30)17-5-1-2-6-18(17)23(27)31/h1-2,5-6,8-11,19H,3-4,7,12-14H2. The van der Waals surface area contributed by atoms with Gasteiger partial charge in [0.05, 0.1) is 17.5 Å². The Balaban J connectivity index is 1.37. The summed E-state index contributed by atoms with van der Waals surface area (Å²) in [5.74, 6) is -3.44. The highest BCUT2D eigenvalue weighted by atomic mass is 19.1. The number of imide groups is 2. The number of nitrogens with zero attached hydrogens (tertiary/aromatic N) is 2. The smallest absolute Gasteiger partial charge is 0.308 e. The molecule has 1 atom stereocenters. The van der Waals surface area contributed by atoms with E-state index in [1.54, 1.807) is 24.3 Å². The van der Waals surface area contributed by atoms with Crippen molar-refractivity contribution in [3.63, 3.8) is 0 Å². The molecule has 170 valence electrons. The fourth-order valence-electron chi connectivity index (χ4n) is 3.93. The lowest BCUT2D eigenvalue weighted by molar-refractivity contribution is -0.159. The third-order valence-corrected chi connectivity index (χ3v) is 5.67. The van der Waals surface area contributed by atoms with Gasteiger partial charge in [0, 0.05) is 18.7 Å². The predicted molar refractivity (Wildman–Crippen MR) is 113 cm³/mol. The molecule has 0 aromatic heterocycles. The molecule has 1 fully saturated rings. The van der Waals surface area contributed by atoms with Gasteiger partial charge in [0.15, 0.2) is 6.10 Å². The van der Waals surface area contributed by atoms with Gasteiger partial charge in [0.25, 0.3) is 23.6 Å². The maximum Gasteiger partial charge on any atom is 0.308 e. The van der Waals surface area contributed by atoms with Gasteiger partial charge in [-0.1, -0.05) is 12.1 Å². The summed E-state index contributed by atoms with van der Waals surface area (Å²) < 4.78 is 18.5. The largest absolute Gasteiger partial charge is 0.452 e. The van der Waals surface area contributed by atoms with Crippen LogP contribution in [-0.2, 0) is 14.3 Å². The van der Waals surface area contributed by atoms with E-state index < -0.39 is 41.5 Å². The van der Waals surface area contributed by atoms with Crippen molar-refractivity contribution in [2.75, 3.05) is 13.1 Å². The van der Waals surface area contributed by atoms with Crippen LogP contribution in [0.2, 0.25) is 0 Å². The van der Waals surface area contributed by atoms with Crippen molar-refractivity contribution in [1.29, 1.82) is 0 Å². The third-order valence-electron chi connectivity index (χ3n) is 5.67. The molecule has 0 N–H and O–H groups in total. The Labute approximate surface area is 188 Å². The van der Waals surface area contributed by atoms with E-state index in [-0.39, 0.29) is 42.6 Å². The van der Waals surface area contributed by atoms with Gasteiger partial charge in [-0.2, -0.15) is 0 Å². The third kappa shape index (κ3) is 4.52. The number of benzene rings is 2. The molecule has 33 heavy (non-hydrogen) atoms. The first-order chi connectivity index (χ1) is 15.9. The van der Waals surface area contributed by atoms with Gasteiger partial charge < -0.3 is 4.74 Å². The number of hydrogen-bond donors (Lipinski definition) is 0. The van der Waals surface area contributed by atoms with E-state index >= 15 is 0 Å². The number of halogens is 1. The summed E-state index contributed by atoms with van der Waals surface area (Å²) in [6, 6.07) is 11.2. The second-order valence-electron chi connectivity index (χ2n) is 7.83. The van der Waals surface area contributed by atoms with Crippen molar-refractivity contribution in [2.45, 2.75) is 31.8 Å². The number of fused-ring (bicyclic) bond motifs is 1. The molecule has 2 aromatic carbocycles. The summed E-state index contributed by atoms with van der Waals surface area (Å²) in [6.45, 7) is -0.0115. The maximum absolute atomic E-state index is 13.2. The molecule has 0 radical (unpaired) electrons. The number of esters is 1. The van der Waals surface area contributed by atoms with Crippen molar-refractivity contribution in [3.05, 3.63) is 71.0 Å². The summed E-state index contributed by atoms with van der Waals surface area (Å²) in [5, 5.41) is 0. The predicted octanol–water partition coefficient (Wildman–Crippen LogP) is 2.58. The van der Waals surface area contributed by atoms with Crippen LogP contribution in [-0.4, -0.2) is 58.6 Å². The first-order valence-electron chi connectivity index (χ1n) is 10.6. The molecule has 2 aliphatic heterocycles. The average Bonchev–Trinajstić information content (AvgIpc) is 2.93. The Morgan fingerprint density at radius 1 is 0.939 bits per heavy atom. The molecule has 2 aliphatic rings. The SMILES string of the molecule is O=C(CCN1C(=O)c2ccccc2C1=O)OC1CCCCN(C(=O)c2ccc(F)cc2)C1=O. The van der Waals surface area contributed by atoms with Gasteiger partial charge in [-0.25, -0.2) is 4.39 Å². The molecule has 1 unspecified atom stereocenters. The number of rotatable bonds is 5. The van der Waals surface area contributed by atoms with Crippen LogP contribution in [0.15, 0.2) is 48.5 Å².